The molecule has 0 saturated carbocycles. The van der Waals surface area contributed by atoms with Crippen molar-refractivity contribution >= 4 is 21.6 Å². The zero-order valence-electron chi connectivity index (χ0n) is 11.7. The molecule has 0 radical (unpaired) electrons. The van der Waals surface area contributed by atoms with Crippen LogP contribution in [0.1, 0.15) is 26.3 Å². The summed E-state index contributed by atoms with van der Waals surface area (Å²) in [7, 11) is -3.53. The molecule has 108 valence electrons. The summed E-state index contributed by atoms with van der Waals surface area (Å²) in [5, 5.41) is 11.2. The van der Waals surface area contributed by atoms with Crippen LogP contribution < -0.4 is 5.32 Å². The van der Waals surface area contributed by atoms with Crippen molar-refractivity contribution in [2.24, 2.45) is 0 Å². The van der Waals surface area contributed by atoms with E-state index in [9.17, 15) is 13.2 Å². The Morgan fingerprint density at radius 1 is 1.35 bits per heavy atom. The Hall–Kier alpha value is -2.07. The van der Waals surface area contributed by atoms with Crippen LogP contribution in [0.4, 0.5) is 10.5 Å². The van der Waals surface area contributed by atoms with E-state index in [0.717, 1.165) is 6.26 Å². The van der Waals surface area contributed by atoms with Gasteiger partial charge in [0.15, 0.2) is 9.84 Å². The predicted molar refractivity (Wildman–Crippen MR) is 74.1 cm³/mol. The fourth-order valence-electron chi connectivity index (χ4n) is 1.43. The van der Waals surface area contributed by atoms with Crippen molar-refractivity contribution < 1.29 is 17.9 Å². The lowest BCUT2D eigenvalue weighted by atomic mass is 10.2. The summed E-state index contributed by atoms with van der Waals surface area (Å²) in [4.78, 5) is 11.6. The van der Waals surface area contributed by atoms with Crippen LogP contribution in [0.2, 0.25) is 0 Å². The van der Waals surface area contributed by atoms with Gasteiger partial charge in [0.1, 0.15) is 5.60 Å². The number of hydrogen-bond acceptors (Lipinski definition) is 5. The molecule has 1 aromatic rings. The minimum absolute atomic E-state index is 0.0285. The molecule has 1 aromatic carbocycles. The number of anilines is 1. The third-order valence-corrected chi connectivity index (χ3v) is 3.30. The summed E-state index contributed by atoms with van der Waals surface area (Å²) in [5.74, 6) is 0. The number of ether oxygens (including phenoxy) is 1. The summed E-state index contributed by atoms with van der Waals surface area (Å²) in [6, 6.07) is 5.82. The lowest BCUT2D eigenvalue weighted by Gasteiger charge is -2.20. The quantitative estimate of drug-likeness (QED) is 0.903. The van der Waals surface area contributed by atoms with E-state index in [2.05, 4.69) is 5.32 Å². The van der Waals surface area contributed by atoms with Gasteiger partial charge in [-0.05, 0) is 39.0 Å². The zero-order chi connectivity index (χ0) is 15.6. The Balaban J connectivity index is 3.16. The van der Waals surface area contributed by atoms with Crippen LogP contribution in [-0.2, 0) is 14.6 Å². The van der Waals surface area contributed by atoms with Gasteiger partial charge in [-0.25, -0.2) is 13.2 Å². The molecule has 0 aliphatic carbocycles. The number of nitriles is 1. The van der Waals surface area contributed by atoms with E-state index in [1.54, 1.807) is 20.8 Å². The highest BCUT2D eigenvalue weighted by Gasteiger charge is 2.20. The predicted octanol–water partition coefficient (Wildman–Crippen LogP) is 2.31. The lowest BCUT2D eigenvalue weighted by Crippen LogP contribution is -2.27. The van der Waals surface area contributed by atoms with E-state index in [-0.39, 0.29) is 16.1 Å². The second-order valence-corrected chi connectivity index (χ2v) is 7.21. The molecule has 0 heterocycles. The van der Waals surface area contributed by atoms with Crippen LogP contribution in [0.25, 0.3) is 0 Å². The van der Waals surface area contributed by atoms with E-state index in [1.807, 2.05) is 6.07 Å². The SMILES string of the molecule is CC(C)(C)OC(=O)Nc1cc(C#N)ccc1S(C)(=O)=O. The van der Waals surface area contributed by atoms with Crippen molar-refractivity contribution in [1.29, 1.82) is 5.26 Å². The van der Waals surface area contributed by atoms with Gasteiger partial charge in [-0.2, -0.15) is 5.26 Å². The van der Waals surface area contributed by atoms with Gasteiger partial charge >= 0.3 is 6.09 Å². The van der Waals surface area contributed by atoms with Crippen molar-refractivity contribution in [2.45, 2.75) is 31.3 Å². The molecular weight excluding hydrogens is 280 g/mol. The maximum absolute atomic E-state index is 11.7. The number of carbonyl (C=O) groups is 1. The number of carbonyl (C=O) groups excluding carboxylic acids is 1. The first-order chi connectivity index (χ1) is 9.03. The summed E-state index contributed by atoms with van der Waals surface area (Å²) < 4.78 is 28.3. The summed E-state index contributed by atoms with van der Waals surface area (Å²) in [6.07, 6.45) is 0.242. The molecule has 0 aliphatic heterocycles. The van der Waals surface area contributed by atoms with E-state index < -0.39 is 21.5 Å². The van der Waals surface area contributed by atoms with Crippen LogP contribution in [0, 0.1) is 11.3 Å². The van der Waals surface area contributed by atoms with Crippen LogP contribution >= 0.6 is 0 Å². The third-order valence-electron chi connectivity index (χ3n) is 2.14. The summed E-state index contributed by atoms with van der Waals surface area (Å²) >= 11 is 0. The van der Waals surface area contributed by atoms with Gasteiger partial charge in [0.25, 0.3) is 0 Å². The first-order valence-electron chi connectivity index (χ1n) is 5.77. The maximum Gasteiger partial charge on any atom is 0.412 e. The Bertz CT molecular complexity index is 667. The molecule has 0 unspecified atom stereocenters. The molecule has 0 bridgehead atoms. The van der Waals surface area contributed by atoms with Crippen molar-refractivity contribution in [1.82, 2.24) is 0 Å². The molecule has 0 saturated heterocycles. The molecule has 1 N–H and O–H groups in total. The van der Waals surface area contributed by atoms with Gasteiger partial charge < -0.3 is 4.74 Å². The molecule has 7 heteroatoms. The van der Waals surface area contributed by atoms with Crippen molar-refractivity contribution in [3.8, 4) is 6.07 Å². The van der Waals surface area contributed by atoms with Crippen LogP contribution in [0.15, 0.2) is 23.1 Å². The van der Waals surface area contributed by atoms with Gasteiger partial charge in [-0.1, -0.05) is 0 Å². The fourth-order valence-corrected chi connectivity index (χ4v) is 2.26. The average Bonchev–Trinajstić information content (AvgIpc) is 2.24. The van der Waals surface area contributed by atoms with Crippen molar-refractivity contribution in [3.63, 3.8) is 0 Å². The monoisotopic (exact) mass is 296 g/mol. The lowest BCUT2D eigenvalue weighted by molar-refractivity contribution is 0.0635. The van der Waals surface area contributed by atoms with Gasteiger partial charge in [-0.15, -0.1) is 0 Å². The van der Waals surface area contributed by atoms with Gasteiger partial charge in [0.05, 0.1) is 22.2 Å². The summed E-state index contributed by atoms with van der Waals surface area (Å²) in [6.45, 7) is 5.07. The van der Waals surface area contributed by atoms with E-state index in [0.29, 0.717) is 0 Å². The third kappa shape index (κ3) is 4.55. The van der Waals surface area contributed by atoms with Gasteiger partial charge in [0.2, 0.25) is 0 Å². The number of nitrogens with one attached hydrogen (secondary N) is 1. The highest BCUT2D eigenvalue weighted by molar-refractivity contribution is 7.90. The Morgan fingerprint density at radius 3 is 2.40 bits per heavy atom. The minimum Gasteiger partial charge on any atom is -0.444 e. The molecule has 1 amide bonds. The van der Waals surface area contributed by atoms with Gasteiger partial charge in [-0.3, -0.25) is 5.32 Å². The Morgan fingerprint density at radius 2 is 1.95 bits per heavy atom. The molecular formula is C13H16N2O4S. The average molecular weight is 296 g/mol. The zero-order valence-corrected chi connectivity index (χ0v) is 12.5. The van der Waals surface area contributed by atoms with Crippen molar-refractivity contribution in [2.75, 3.05) is 11.6 Å². The topological polar surface area (TPSA) is 96.3 Å². The van der Waals surface area contributed by atoms with Crippen LogP contribution in [0.5, 0.6) is 0 Å². The molecule has 0 fully saturated rings. The highest BCUT2D eigenvalue weighted by Crippen LogP contribution is 2.23. The number of sulfone groups is 1. The van der Waals surface area contributed by atoms with Crippen LogP contribution in [-0.4, -0.2) is 26.4 Å². The second kappa shape index (κ2) is 5.51. The van der Waals surface area contributed by atoms with E-state index in [1.165, 1.54) is 18.2 Å². The molecule has 0 aliphatic rings. The molecule has 0 atom stereocenters. The maximum atomic E-state index is 11.7. The minimum atomic E-state index is -3.53. The second-order valence-electron chi connectivity index (χ2n) is 5.22. The van der Waals surface area contributed by atoms with E-state index >= 15 is 0 Å². The summed E-state index contributed by atoms with van der Waals surface area (Å²) in [5.41, 5.74) is -0.438. The standard InChI is InChI=1S/C13H16N2O4S/c1-13(2,3)19-12(16)15-10-7-9(8-14)5-6-11(10)20(4,17)18/h5-7H,1-4H3,(H,15,16). The molecule has 1 rings (SSSR count). The Labute approximate surface area is 118 Å². The number of amides is 1. The highest BCUT2D eigenvalue weighted by atomic mass is 32.2. The fraction of sp³-hybridized carbons (Fsp3) is 0.385. The largest absolute Gasteiger partial charge is 0.444 e. The smallest absolute Gasteiger partial charge is 0.412 e. The van der Waals surface area contributed by atoms with Crippen LogP contribution in [0.3, 0.4) is 0 Å². The van der Waals surface area contributed by atoms with Crippen molar-refractivity contribution in [3.05, 3.63) is 23.8 Å². The number of rotatable bonds is 2. The van der Waals surface area contributed by atoms with Gasteiger partial charge in [0, 0.05) is 6.26 Å². The molecule has 0 aromatic heterocycles. The molecule has 6 nitrogen and oxygen atoms in total. The number of nitrogens with zero attached hydrogens (tertiary/aromatic N) is 1. The molecule has 20 heavy (non-hydrogen) atoms. The number of hydrogen-bond donors (Lipinski definition) is 1. The number of benzene rings is 1. The Kier molecular flexibility index (Phi) is 4.40. The molecule has 0 spiro atoms. The normalized spacial score (nSPS) is 11.6. The first kappa shape index (κ1) is 16.0. The van der Waals surface area contributed by atoms with E-state index in [4.69, 9.17) is 10.00 Å². The first-order valence-corrected chi connectivity index (χ1v) is 7.66.